The number of likely N-dealkylation sites (N-methyl/N-ethyl adjacent to an activating group) is 1. The minimum absolute atomic E-state index is 0.0568. The van der Waals surface area contributed by atoms with E-state index in [1.54, 1.807) is 6.20 Å². The number of carboxylic acid groups (broad SMARTS) is 1. The van der Waals surface area contributed by atoms with Crippen molar-refractivity contribution in [3.63, 3.8) is 0 Å². The molecule has 0 spiro atoms. The number of aliphatic hydroxyl groups is 1. The standard InChI is InChI=1S/C25H36N6O3/c1-17-15-20-19(8-7-18(2)31(20)24(32)33)22-23(17)30(14-13-28(5)16-25(3,4)34)21(27-22)9-12-29-11-6-10-26-29/h6,10-11,15,18,34H,7-9,12-14,16H2,1-5H3,(H,32,33). The van der Waals surface area contributed by atoms with E-state index in [4.69, 9.17) is 4.98 Å². The fourth-order valence-corrected chi connectivity index (χ4v) is 5.15. The van der Waals surface area contributed by atoms with Gasteiger partial charge in [0.05, 0.1) is 22.3 Å². The SMILES string of the molecule is Cc1cc2c(c3nc(CCn4cccn4)n(CCN(C)CC(C)(C)O)c13)CCC(C)N2C(=O)O. The van der Waals surface area contributed by atoms with E-state index in [0.29, 0.717) is 6.54 Å². The molecule has 184 valence electrons. The molecule has 0 saturated carbocycles. The summed E-state index contributed by atoms with van der Waals surface area (Å²) in [5, 5.41) is 24.4. The number of amides is 1. The Hall–Kier alpha value is -2.91. The maximum atomic E-state index is 12.0. The number of hydrogen-bond donors (Lipinski definition) is 2. The van der Waals surface area contributed by atoms with Crippen LogP contribution in [0.4, 0.5) is 10.5 Å². The van der Waals surface area contributed by atoms with Gasteiger partial charge in [-0.2, -0.15) is 5.10 Å². The largest absolute Gasteiger partial charge is 0.465 e. The summed E-state index contributed by atoms with van der Waals surface area (Å²) >= 11 is 0. The first kappa shape index (κ1) is 24.2. The monoisotopic (exact) mass is 468 g/mol. The van der Waals surface area contributed by atoms with Crippen molar-refractivity contribution in [2.45, 2.75) is 71.7 Å². The molecule has 1 aliphatic heterocycles. The highest BCUT2D eigenvalue weighted by Crippen LogP contribution is 2.38. The first-order valence-corrected chi connectivity index (χ1v) is 12.0. The van der Waals surface area contributed by atoms with Gasteiger partial charge >= 0.3 is 6.09 Å². The average Bonchev–Trinajstić information content (AvgIpc) is 3.37. The molecule has 2 aromatic heterocycles. The van der Waals surface area contributed by atoms with Crippen LogP contribution in [-0.2, 0) is 25.9 Å². The first-order valence-electron chi connectivity index (χ1n) is 12.0. The second-order valence-corrected chi connectivity index (χ2v) is 10.2. The van der Waals surface area contributed by atoms with Crippen LogP contribution in [0.25, 0.3) is 11.0 Å². The van der Waals surface area contributed by atoms with Crippen molar-refractivity contribution in [3.05, 3.63) is 41.5 Å². The Balaban J connectivity index is 1.75. The Bertz CT molecular complexity index is 1160. The molecule has 9 nitrogen and oxygen atoms in total. The fraction of sp³-hybridized carbons (Fsp3) is 0.560. The summed E-state index contributed by atoms with van der Waals surface area (Å²) in [6.45, 7) is 10.4. The molecule has 0 bridgehead atoms. The smallest absolute Gasteiger partial charge is 0.412 e. The lowest BCUT2D eigenvalue weighted by Gasteiger charge is -2.33. The van der Waals surface area contributed by atoms with Crippen LogP contribution in [0.2, 0.25) is 0 Å². The van der Waals surface area contributed by atoms with Crippen molar-refractivity contribution in [1.29, 1.82) is 0 Å². The lowest BCUT2D eigenvalue weighted by atomic mass is 9.94. The highest BCUT2D eigenvalue weighted by atomic mass is 16.4. The average molecular weight is 469 g/mol. The number of anilines is 1. The molecule has 1 aliphatic rings. The maximum absolute atomic E-state index is 12.0. The van der Waals surface area contributed by atoms with Crippen molar-refractivity contribution in [1.82, 2.24) is 24.2 Å². The maximum Gasteiger partial charge on any atom is 0.412 e. The summed E-state index contributed by atoms with van der Waals surface area (Å²) in [6.07, 6.45) is 5.12. The van der Waals surface area contributed by atoms with Gasteiger partial charge in [0.25, 0.3) is 0 Å². The summed E-state index contributed by atoms with van der Waals surface area (Å²) in [5.74, 6) is 0.971. The van der Waals surface area contributed by atoms with Gasteiger partial charge in [-0.3, -0.25) is 9.58 Å². The van der Waals surface area contributed by atoms with Gasteiger partial charge in [-0.1, -0.05) is 0 Å². The van der Waals surface area contributed by atoms with Crippen LogP contribution in [0.3, 0.4) is 0 Å². The van der Waals surface area contributed by atoms with E-state index in [1.807, 2.05) is 57.8 Å². The third kappa shape index (κ3) is 4.95. The molecule has 0 fully saturated rings. The van der Waals surface area contributed by atoms with Gasteiger partial charge in [0.1, 0.15) is 5.82 Å². The Labute approximate surface area is 200 Å². The zero-order valence-electron chi connectivity index (χ0n) is 20.8. The van der Waals surface area contributed by atoms with Crippen molar-refractivity contribution in [3.8, 4) is 0 Å². The normalized spacial score (nSPS) is 16.4. The molecule has 4 rings (SSSR count). The van der Waals surface area contributed by atoms with E-state index in [1.165, 1.54) is 4.90 Å². The third-order valence-corrected chi connectivity index (χ3v) is 6.57. The van der Waals surface area contributed by atoms with Gasteiger partial charge in [-0.25, -0.2) is 9.78 Å². The Morgan fingerprint density at radius 2 is 2.09 bits per heavy atom. The number of imidazole rings is 1. The molecule has 1 amide bonds. The molecule has 1 unspecified atom stereocenters. The van der Waals surface area contributed by atoms with E-state index in [2.05, 4.69) is 14.6 Å². The molecule has 2 N–H and O–H groups in total. The van der Waals surface area contributed by atoms with Gasteiger partial charge in [-0.05, 0) is 65.3 Å². The Morgan fingerprint density at radius 3 is 2.74 bits per heavy atom. The van der Waals surface area contributed by atoms with Crippen LogP contribution < -0.4 is 4.90 Å². The highest BCUT2D eigenvalue weighted by molar-refractivity contribution is 5.96. The molecular formula is C25H36N6O3. The van der Waals surface area contributed by atoms with E-state index in [0.717, 1.165) is 72.6 Å². The van der Waals surface area contributed by atoms with Crippen molar-refractivity contribution in [2.24, 2.45) is 0 Å². The minimum atomic E-state index is -0.918. The van der Waals surface area contributed by atoms with Crippen molar-refractivity contribution >= 4 is 22.8 Å². The molecule has 34 heavy (non-hydrogen) atoms. The van der Waals surface area contributed by atoms with Crippen molar-refractivity contribution in [2.75, 3.05) is 25.0 Å². The van der Waals surface area contributed by atoms with Gasteiger partial charge in [0, 0.05) is 56.6 Å². The first-order chi connectivity index (χ1) is 16.0. The highest BCUT2D eigenvalue weighted by Gasteiger charge is 2.31. The van der Waals surface area contributed by atoms with Crippen LogP contribution in [0.1, 0.15) is 44.1 Å². The zero-order chi connectivity index (χ0) is 24.6. The summed E-state index contributed by atoms with van der Waals surface area (Å²) in [5.41, 5.74) is 4.03. The van der Waals surface area contributed by atoms with Crippen LogP contribution in [-0.4, -0.2) is 72.3 Å². The molecule has 0 aliphatic carbocycles. The lowest BCUT2D eigenvalue weighted by molar-refractivity contribution is 0.0437. The number of fused-ring (bicyclic) bond motifs is 3. The molecule has 0 saturated heterocycles. The number of nitrogens with zero attached hydrogens (tertiary/aromatic N) is 6. The van der Waals surface area contributed by atoms with Gasteiger partial charge in [0.15, 0.2) is 0 Å². The predicted molar refractivity (Wildman–Crippen MR) is 132 cm³/mol. The molecule has 1 atom stereocenters. The number of carbonyl (C=O) groups is 1. The second kappa shape index (κ2) is 9.38. The fourth-order valence-electron chi connectivity index (χ4n) is 5.15. The van der Waals surface area contributed by atoms with Crippen LogP contribution in [0, 0.1) is 6.92 Å². The quantitative estimate of drug-likeness (QED) is 0.526. The number of hydrogen-bond acceptors (Lipinski definition) is 5. The lowest BCUT2D eigenvalue weighted by Crippen LogP contribution is -2.41. The third-order valence-electron chi connectivity index (χ3n) is 6.57. The van der Waals surface area contributed by atoms with Crippen molar-refractivity contribution < 1.29 is 15.0 Å². The van der Waals surface area contributed by atoms with Crippen LogP contribution >= 0.6 is 0 Å². The number of aryl methyl sites for hydroxylation is 4. The van der Waals surface area contributed by atoms with E-state index in [9.17, 15) is 15.0 Å². The number of rotatable bonds is 8. The van der Waals surface area contributed by atoms with Gasteiger partial charge in [-0.15, -0.1) is 0 Å². The molecule has 0 radical (unpaired) electrons. The Morgan fingerprint density at radius 1 is 1.32 bits per heavy atom. The summed E-state index contributed by atoms with van der Waals surface area (Å²) < 4.78 is 4.18. The van der Waals surface area contributed by atoms with Gasteiger partial charge < -0.3 is 19.7 Å². The number of aromatic nitrogens is 4. The van der Waals surface area contributed by atoms with E-state index < -0.39 is 11.7 Å². The van der Waals surface area contributed by atoms with E-state index in [-0.39, 0.29) is 6.04 Å². The molecule has 3 heterocycles. The number of benzene rings is 1. The zero-order valence-corrected chi connectivity index (χ0v) is 20.8. The molecule has 9 heteroatoms. The topological polar surface area (TPSA) is 99.7 Å². The van der Waals surface area contributed by atoms with Crippen LogP contribution in [0.5, 0.6) is 0 Å². The van der Waals surface area contributed by atoms with E-state index >= 15 is 0 Å². The molecule has 3 aromatic rings. The Kier molecular flexibility index (Phi) is 6.69. The molecule has 1 aromatic carbocycles. The second-order valence-electron chi connectivity index (χ2n) is 10.2. The van der Waals surface area contributed by atoms with Gasteiger partial charge in [0.2, 0.25) is 0 Å². The molecular weight excluding hydrogens is 432 g/mol. The minimum Gasteiger partial charge on any atom is -0.465 e. The summed E-state index contributed by atoms with van der Waals surface area (Å²) in [7, 11) is 2.02. The van der Waals surface area contributed by atoms with Crippen LogP contribution in [0.15, 0.2) is 24.5 Å². The summed E-state index contributed by atoms with van der Waals surface area (Å²) in [6, 6.07) is 3.87. The predicted octanol–water partition coefficient (Wildman–Crippen LogP) is 3.31. The summed E-state index contributed by atoms with van der Waals surface area (Å²) in [4.78, 5) is 20.7.